The van der Waals surface area contributed by atoms with Crippen molar-refractivity contribution in [3.63, 3.8) is 0 Å². The topological polar surface area (TPSA) is 88.5 Å². The molecule has 0 fully saturated rings. The van der Waals surface area contributed by atoms with E-state index in [0.717, 1.165) is 28.1 Å². The molecule has 0 spiro atoms. The van der Waals surface area contributed by atoms with E-state index >= 15 is 0 Å². The third-order valence-electron chi connectivity index (χ3n) is 1.15. The second-order valence-corrected chi connectivity index (χ2v) is 6.26. The van der Waals surface area contributed by atoms with E-state index in [1.54, 1.807) is 0 Å². The molecule has 0 heterocycles. The highest BCUT2D eigenvalue weighted by atomic mass is 32.2. The molecule has 0 aromatic carbocycles. The zero-order valence-corrected chi connectivity index (χ0v) is 12.1. The maximum Gasteiger partial charge on any atom is 0.191 e. The molecule has 0 atom stereocenters. The minimum absolute atomic E-state index is 0.319. The summed E-state index contributed by atoms with van der Waals surface area (Å²) in [5, 5.41) is 11.3. The summed E-state index contributed by atoms with van der Waals surface area (Å²) < 4.78 is 40.5. The maximum atomic E-state index is 10.1. The molecule has 0 aliphatic carbocycles. The van der Waals surface area contributed by atoms with Gasteiger partial charge in [-0.25, -0.2) is 16.8 Å². The van der Waals surface area contributed by atoms with Gasteiger partial charge in [0.05, 0.1) is 0 Å². The number of hydrogen-bond acceptors (Lipinski definition) is 5. The van der Waals surface area contributed by atoms with Crippen molar-refractivity contribution >= 4 is 19.7 Å². The summed E-state index contributed by atoms with van der Waals surface area (Å²) in [6.07, 6.45) is 0.875. The minimum atomic E-state index is -3.13. The van der Waals surface area contributed by atoms with Crippen LogP contribution in [0, 0.1) is 0 Å². The molecular formula is C11H20O5S2. The predicted octanol–water partition coefficient (Wildman–Crippen LogP) is 1.77. The third kappa shape index (κ3) is 20.3. The molecule has 5 nitrogen and oxygen atoms in total. The number of sulfone groups is 2. The molecule has 0 aliphatic rings. The second kappa shape index (κ2) is 12.3. The average Bonchev–Trinajstić information content (AvgIpc) is 2.39. The molecule has 18 heavy (non-hydrogen) atoms. The average molecular weight is 296 g/mol. The summed E-state index contributed by atoms with van der Waals surface area (Å²) in [5.41, 5.74) is 0. The van der Waals surface area contributed by atoms with Crippen LogP contribution in [0.3, 0.4) is 0 Å². The van der Waals surface area contributed by atoms with Crippen molar-refractivity contribution in [3.8, 4) is 0 Å². The molecule has 0 aromatic heterocycles. The number of aliphatic hydroxyl groups excluding tert-OH is 1. The van der Waals surface area contributed by atoms with Gasteiger partial charge in [-0.15, -0.1) is 0 Å². The lowest BCUT2D eigenvalue weighted by Gasteiger charge is -1.78. The summed E-state index contributed by atoms with van der Waals surface area (Å²) >= 11 is 0. The monoisotopic (exact) mass is 296 g/mol. The smallest absolute Gasteiger partial charge is 0.191 e. The summed E-state index contributed by atoms with van der Waals surface area (Å²) in [4.78, 5) is 0. The van der Waals surface area contributed by atoms with Crippen LogP contribution >= 0.6 is 0 Å². The Labute approximate surface area is 110 Å². The highest BCUT2D eigenvalue weighted by molar-refractivity contribution is 7.97. The lowest BCUT2D eigenvalue weighted by atomic mass is 10.5. The van der Waals surface area contributed by atoms with Gasteiger partial charge >= 0.3 is 0 Å². The summed E-state index contributed by atoms with van der Waals surface area (Å²) in [5.74, 6) is 0. The van der Waals surface area contributed by atoms with E-state index in [2.05, 4.69) is 26.3 Å². The van der Waals surface area contributed by atoms with Crippen molar-refractivity contribution in [2.75, 3.05) is 6.61 Å². The molecule has 7 heteroatoms. The van der Waals surface area contributed by atoms with Crippen LogP contribution in [0.5, 0.6) is 0 Å². The van der Waals surface area contributed by atoms with E-state index in [4.69, 9.17) is 5.11 Å². The van der Waals surface area contributed by atoms with Crippen LogP contribution in [0.15, 0.2) is 47.9 Å². The van der Waals surface area contributed by atoms with Crippen molar-refractivity contribution in [1.29, 1.82) is 0 Å². The predicted molar refractivity (Wildman–Crippen MR) is 76.0 cm³/mol. The molecule has 0 saturated carbocycles. The first-order chi connectivity index (χ1) is 8.16. The molecule has 0 radical (unpaired) electrons. The van der Waals surface area contributed by atoms with E-state index in [0.29, 0.717) is 6.61 Å². The first kappa shape index (κ1) is 22.0. The van der Waals surface area contributed by atoms with E-state index in [1.165, 1.54) is 0 Å². The zero-order chi connectivity index (χ0) is 15.2. The first-order valence-corrected chi connectivity index (χ1v) is 7.98. The van der Waals surface area contributed by atoms with Crippen LogP contribution < -0.4 is 0 Å². The van der Waals surface area contributed by atoms with E-state index in [9.17, 15) is 16.8 Å². The van der Waals surface area contributed by atoms with E-state index in [1.807, 2.05) is 6.92 Å². The minimum Gasteiger partial charge on any atom is -0.396 e. The standard InChI is InChI=1S/2C4H6O2S.C3H8O/c2*1-3-7(5,6)4-2;1-2-3-4/h2*3-4H,1-2H2;4H,2-3H2,1H3. The van der Waals surface area contributed by atoms with Crippen molar-refractivity contribution in [3.05, 3.63) is 47.9 Å². The lowest BCUT2D eigenvalue weighted by Crippen LogP contribution is -1.83. The fraction of sp³-hybridized carbons (Fsp3) is 0.273. The maximum absolute atomic E-state index is 10.1. The van der Waals surface area contributed by atoms with Gasteiger partial charge in [-0.2, -0.15) is 0 Å². The van der Waals surface area contributed by atoms with Gasteiger partial charge in [0.15, 0.2) is 19.7 Å². The quantitative estimate of drug-likeness (QED) is 0.835. The molecule has 106 valence electrons. The largest absolute Gasteiger partial charge is 0.396 e. The van der Waals surface area contributed by atoms with Crippen LogP contribution in [0.2, 0.25) is 0 Å². The molecule has 0 aromatic rings. The Morgan fingerprint density at radius 2 is 1.00 bits per heavy atom. The van der Waals surface area contributed by atoms with Gasteiger partial charge in [-0.1, -0.05) is 33.2 Å². The van der Waals surface area contributed by atoms with E-state index in [-0.39, 0.29) is 0 Å². The van der Waals surface area contributed by atoms with Gasteiger partial charge in [0.2, 0.25) is 0 Å². The van der Waals surface area contributed by atoms with Crippen LogP contribution in [0.25, 0.3) is 0 Å². The molecule has 1 N–H and O–H groups in total. The molecule has 0 amide bonds. The highest BCUT2D eigenvalue weighted by Crippen LogP contribution is 1.87. The SMILES string of the molecule is C=CS(=O)(=O)C=C.C=CS(=O)(=O)C=C.CCCO. The van der Waals surface area contributed by atoms with Crippen molar-refractivity contribution in [1.82, 2.24) is 0 Å². The fourth-order valence-electron chi connectivity index (χ4n) is 0.136. The van der Waals surface area contributed by atoms with Crippen molar-refractivity contribution in [2.24, 2.45) is 0 Å². The number of aliphatic hydroxyl groups is 1. The molecular weight excluding hydrogens is 276 g/mol. The Kier molecular flexibility index (Phi) is 15.0. The Morgan fingerprint density at radius 3 is 1.00 bits per heavy atom. The Balaban J connectivity index is -0.000000196. The van der Waals surface area contributed by atoms with Crippen LogP contribution in [-0.4, -0.2) is 28.5 Å². The highest BCUT2D eigenvalue weighted by Gasteiger charge is 1.91. The van der Waals surface area contributed by atoms with Crippen LogP contribution in [0.1, 0.15) is 13.3 Å². The van der Waals surface area contributed by atoms with Gasteiger partial charge in [-0.3, -0.25) is 0 Å². The van der Waals surface area contributed by atoms with Gasteiger partial charge in [-0.05, 0) is 6.42 Å². The van der Waals surface area contributed by atoms with Crippen molar-refractivity contribution < 1.29 is 21.9 Å². The third-order valence-corrected chi connectivity index (χ3v) is 3.01. The number of hydrogen-bond donors (Lipinski definition) is 1. The summed E-state index contributed by atoms with van der Waals surface area (Å²) in [6, 6.07) is 0. The summed E-state index contributed by atoms with van der Waals surface area (Å²) in [7, 11) is -6.26. The second-order valence-electron chi connectivity index (χ2n) is 2.57. The Hall–Kier alpha value is -1.18. The summed E-state index contributed by atoms with van der Waals surface area (Å²) in [6.45, 7) is 14.4. The number of rotatable bonds is 5. The first-order valence-electron chi connectivity index (χ1n) is 4.77. The molecule has 0 bridgehead atoms. The van der Waals surface area contributed by atoms with Crippen LogP contribution in [-0.2, 0) is 19.7 Å². The fourth-order valence-corrected chi connectivity index (χ4v) is 0.408. The Morgan fingerprint density at radius 1 is 0.833 bits per heavy atom. The normalized spacial score (nSPS) is 9.67. The van der Waals surface area contributed by atoms with Gasteiger partial charge < -0.3 is 5.11 Å². The molecule has 0 unspecified atom stereocenters. The Bertz CT molecular complexity index is 372. The lowest BCUT2D eigenvalue weighted by molar-refractivity contribution is 0.295. The van der Waals surface area contributed by atoms with E-state index < -0.39 is 19.7 Å². The molecule has 0 rings (SSSR count). The van der Waals surface area contributed by atoms with Gasteiger partial charge in [0, 0.05) is 28.2 Å². The van der Waals surface area contributed by atoms with Crippen LogP contribution in [0.4, 0.5) is 0 Å². The molecule has 0 aliphatic heterocycles. The van der Waals surface area contributed by atoms with Crippen molar-refractivity contribution in [2.45, 2.75) is 13.3 Å². The molecule has 0 saturated heterocycles. The van der Waals surface area contributed by atoms with Gasteiger partial charge in [0.25, 0.3) is 0 Å². The van der Waals surface area contributed by atoms with Gasteiger partial charge in [0.1, 0.15) is 0 Å². The zero-order valence-electron chi connectivity index (χ0n) is 10.4.